The van der Waals surface area contributed by atoms with Crippen molar-refractivity contribution in [3.8, 4) is 0 Å². The van der Waals surface area contributed by atoms with Gasteiger partial charge in [0.15, 0.2) is 5.76 Å². The Morgan fingerprint density at radius 3 is 2.32 bits per heavy atom. The van der Waals surface area contributed by atoms with Gasteiger partial charge in [0.1, 0.15) is 5.76 Å². The zero-order chi connectivity index (χ0) is 35.8. The molecular formula is C37H34N4O9. The number of carbonyl (C=O) groups excluding carboxylic acids is 2. The normalized spacial score (nSPS) is 12.8. The molecule has 0 saturated carbocycles. The number of rotatable bonds is 15. The number of hydrogen-bond acceptors (Lipinski definition) is 8. The standard InChI is InChI=1S/C37H34N4O9/c1-23(40(34(42)18-28(37(46)47)19-35(43)44)22-24-8-9-25-5-2-3-6-27(25)17-24)32(26-10-12-30(13-11-26)41(48)49)20-31-14-15-33(50-31)36(45)39-29-7-4-16-38-21-29/h2-17,21,23,28,32H,18-20,22H2,1H3,(H,39,45)(H,43,44)(H,46,47). The predicted octanol–water partition coefficient (Wildman–Crippen LogP) is 6.30. The molecule has 2 heterocycles. The Morgan fingerprint density at radius 1 is 0.920 bits per heavy atom. The first-order valence-electron chi connectivity index (χ1n) is 15.7. The third-order valence-corrected chi connectivity index (χ3v) is 8.51. The van der Waals surface area contributed by atoms with Crippen LogP contribution in [0.3, 0.4) is 0 Å². The number of carbonyl (C=O) groups is 4. The molecule has 3 unspecified atom stereocenters. The van der Waals surface area contributed by atoms with Crippen molar-refractivity contribution in [2.24, 2.45) is 5.92 Å². The van der Waals surface area contributed by atoms with E-state index in [0.29, 0.717) is 17.0 Å². The van der Waals surface area contributed by atoms with Crippen LogP contribution in [0.5, 0.6) is 0 Å². The van der Waals surface area contributed by atoms with E-state index in [-0.39, 0.29) is 24.4 Å². The minimum absolute atomic E-state index is 0.0287. The number of nitrogens with one attached hydrogen (secondary N) is 1. The van der Waals surface area contributed by atoms with Crippen molar-refractivity contribution < 1.29 is 38.7 Å². The summed E-state index contributed by atoms with van der Waals surface area (Å²) in [5.74, 6) is -5.44. The van der Waals surface area contributed by atoms with Crippen LogP contribution >= 0.6 is 0 Å². The van der Waals surface area contributed by atoms with E-state index in [4.69, 9.17) is 4.42 Å². The summed E-state index contributed by atoms with van der Waals surface area (Å²) < 4.78 is 5.94. The summed E-state index contributed by atoms with van der Waals surface area (Å²) in [6.07, 6.45) is 1.91. The SMILES string of the molecule is CC(C(Cc1ccc(C(=O)Nc2cccnc2)o1)c1ccc([N+](=O)[O-])cc1)N(Cc1ccc2ccccc2c1)C(=O)CC(CC(=O)O)C(=O)O. The van der Waals surface area contributed by atoms with Crippen molar-refractivity contribution in [1.29, 1.82) is 0 Å². The van der Waals surface area contributed by atoms with Crippen LogP contribution in [0, 0.1) is 16.0 Å². The first kappa shape index (κ1) is 35.0. The molecule has 0 radical (unpaired) electrons. The number of benzene rings is 3. The smallest absolute Gasteiger partial charge is 0.307 e. The third kappa shape index (κ3) is 8.75. The van der Waals surface area contributed by atoms with Gasteiger partial charge in [-0.1, -0.05) is 48.5 Å². The van der Waals surface area contributed by atoms with Crippen molar-refractivity contribution >= 4 is 45.9 Å². The van der Waals surface area contributed by atoms with E-state index >= 15 is 0 Å². The van der Waals surface area contributed by atoms with Gasteiger partial charge in [-0.05, 0) is 59.2 Å². The van der Waals surface area contributed by atoms with Gasteiger partial charge in [0.25, 0.3) is 11.6 Å². The molecule has 3 aromatic carbocycles. The highest BCUT2D eigenvalue weighted by Gasteiger charge is 2.33. The summed E-state index contributed by atoms with van der Waals surface area (Å²) >= 11 is 0. The van der Waals surface area contributed by atoms with Gasteiger partial charge in [0.2, 0.25) is 5.91 Å². The van der Waals surface area contributed by atoms with Crippen LogP contribution in [0.1, 0.15) is 53.1 Å². The summed E-state index contributed by atoms with van der Waals surface area (Å²) in [5.41, 5.74) is 1.72. The van der Waals surface area contributed by atoms with Gasteiger partial charge in [-0.2, -0.15) is 0 Å². The molecular weight excluding hydrogens is 644 g/mol. The van der Waals surface area contributed by atoms with Crippen molar-refractivity contribution in [3.63, 3.8) is 0 Å². The lowest BCUT2D eigenvalue weighted by Crippen LogP contribution is -2.43. The Balaban J connectivity index is 1.50. The lowest BCUT2D eigenvalue weighted by atomic mass is 9.86. The lowest BCUT2D eigenvalue weighted by molar-refractivity contribution is -0.384. The molecule has 0 aliphatic heterocycles. The first-order valence-corrected chi connectivity index (χ1v) is 15.7. The maximum Gasteiger partial charge on any atom is 0.307 e. The summed E-state index contributed by atoms with van der Waals surface area (Å²) in [6, 6.07) is 25.1. The average Bonchev–Trinajstić information content (AvgIpc) is 3.58. The quantitative estimate of drug-likeness (QED) is 0.0836. The number of aliphatic carboxylic acids is 2. The largest absolute Gasteiger partial charge is 0.481 e. The molecule has 2 amide bonds. The molecule has 50 heavy (non-hydrogen) atoms. The Labute approximate surface area is 286 Å². The van der Waals surface area contributed by atoms with Gasteiger partial charge >= 0.3 is 11.9 Å². The van der Waals surface area contributed by atoms with Crippen molar-refractivity contribution in [2.75, 3.05) is 5.32 Å². The number of nitro groups is 1. The number of nitrogens with zero attached hydrogens (tertiary/aromatic N) is 3. The number of carboxylic acid groups (broad SMARTS) is 2. The highest BCUT2D eigenvalue weighted by Crippen LogP contribution is 2.32. The van der Waals surface area contributed by atoms with Gasteiger partial charge in [0, 0.05) is 49.7 Å². The fourth-order valence-electron chi connectivity index (χ4n) is 5.86. The van der Waals surface area contributed by atoms with Crippen LogP contribution in [0.2, 0.25) is 0 Å². The molecule has 5 rings (SSSR count). The topological polar surface area (TPSA) is 193 Å². The summed E-state index contributed by atoms with van der Waals surface area (Å²) in [4.78, 5) is 66.8. The van der Waals surface area contributed by atoms with Crippen LogP contribution in [-0.2, 0) is 27.3 Å². The molecule has 256 valence electrons. The van der Waals surface area contributed by atoms with Crippen LogP contribution in [0.15, 0.2) is 108 Å². The van der Waals surface area contributed by atoms with Crippen LogP contribution < -0.4 is 5.32 Å². The van der Waals surface area contributed by atoms with Gasteiger partial charge < -0.3 is 24.8 Å². The fraction of sp³-hybridized carbons (Fsp3) is 0.216. The monoisotopic (exact) mass is 678 g/mol. The number of furan rings is 1. The molecule has 2 aromatic heterocycles. The second kappa shape index (κ2) is 15.7. The number of aromatic nitrogens is 1. The highest BCUT2D eigenvalue weighted by molar-refractivity contribution is 6.02. The van der Waals surface area contributed by atoms with E-state index in [1.807, 2.05) is 42.5 Å². The number of carboxylic acids is 2. The zero-order valence-electron chi connectivity index (χ0n) is 27.0. The van der Waals surface area contributed by atoms with E-state index in [1.165, 1.54) is 29.3 Å². The Morgan fingerprint density at radius 2 is 1.66 bits per heavy atom. The fourth-order valence-corrected chi connectivity index (χ4v) is 5.86. The zero-order valence-corrected chi connectivity index (χ0v) is 27.0. The molecule has 0 spiro atoms. The van der Waals surface area contributed by atoms with E-state index in [2.05, 4.69) is 10.3 Å². The average molecular weight is 679 g/mol. The number of hydrogen-bond donors (Lipinski definition) is 3. The predicted molar refractivity (Wildman–Crippen MR) is 182 cm³/mol. The summed E-state index contributed by atoms with van der Waals surface area (Å²) in [5, 5.41) is 35.2. The first-order chi connectivity index (χ1) is 24.0. The minimum atomic E-state index is -1.46. The van der Waals surface area contributed by atoms with E-state index in [9.17, 15) is 39.5 Å². The molecule has 13 nitrogen and oxygen atoms in total. The van der Waals surface area contributed by atoms with Gasteiger partial charge in [-0.3, -0.25) is 34.3 Å². The maximum absolute atomic E-state index is 14.0. The minimum Gasteiger partial charge on any atom is -0.481 e. The van der Waals surface area contributed by atoms with Crippen LogP contribution in [-0.4, -0.2) is 54.8 Å². The number of amides is 2. The molecule has 3 atom stereocenters. The number of anilines is 1. The number of fused-ring (bicyclic) bond motifs is 1. The van der Waals surface area contributed by atoms with Crippen molar-refractivity contribution in [2.45, 2.75) is 44.7 Å². The molecule has 0 fully saturated rings. The second-order valence-electron chi connectivity index (χ2n) is 11.9. The Bertz CT molecular complexity index is 2010. The van der Waals surface area contributed by atoms with Gasteiger partial charge in [-0.15, -0.1) is 0 Å². The van der Waals surface area contributed by atoms with Gasteiger partial charge in [-0.25, -0.2) is 0 Å². The summed E-state index contributed by atoms with van der Waals surface area (Å²) in [7, 11) is 0. The molecule has 0 aliphatic rings. The molecule has 0 aliphatic carbocycles. The van der Waals surface area contributed by atoms with Crippen LogP contribution in [0.4, 0.5) is 11.4 Å². The Kier molecular flexibility index (Phi) is 11.0. The van der Waals surface area contributed by atoms with Crippen molar-refractivity contribution in [1.82, 2.24) is 9.88 Å². The second-order valence-corrected chi connectivity index (χ2v) is 11.9. The third-order valence-electron chi connectivity index (χ3n) is 8.51. The molecule has 0 saturated heterocycles. The number of pyridine rings is 1. The van der Waals surface area contributed by atoms with Gasteiger partial charge in [0.05, 0.1) is 29.1 Å². The number of non-ortho nitro benzene ring substituents is 1. The molecule has 3 N–H and O–H groups in total. The molecule has 5 aromatic rings. The number of nitro benzene ring substituents is 1. The van der Waals surface area contributed by atoms with E-state index in [1.54, 1.807) is 43.5 Å². The summed E-state index contributed by atoms with van der Waals surface area (Å²) in [6.45, 7) is 1.83. The Hall–Kier alpha value is -6.37. The highest BCUT2D eigenvalue weighted by atomic mass is 16.6. The maximum atomic E-state index is 14.0. The van der Waals surface area contributed by atoms with Crippen LogP contribution in [0.25, 0.3) is 10.8 Å². The van der Waals surface area contributed by atoms with E-state index in [0.717, 1.165) is 16.3 Å². The lowest BCUT2D eigenvalue weighted by Gasteiger charge is -2.36. The molecule has 0 bridgehead atoms. The van der Waals surface area contributed by atoms with Crippen molar-refractivity contribution in [3.05, 3.63) is 136 Å². The molecule has 13 heteroatoms. The van der Waals surface area contributed by atoms with E-state index < -0.39 is 59.4 Å².